The minimum Gasteiger partial charge on any atom is -0.342 e. The van der Waals surface area contributed by atoms with Crippen molar-refractivity contribution in [2.45, 2.75) is 0 Å². The second kappa shape index (κ2) is 14.3. The lowest BCUT2D eigenvalue weighted by Crippen LogP contribution is -1.76. The number of hydrogen-bond donors (Lipinski definition) is 11. The molecule has 0 bridgehead atoms. The van der Waals surface area contributed by atoms with Crippen molar-refractivity contribution < 1.29 is 57.7 Å². The van der Waals surface area contributed by atoms with Gasteiger partial charge in [-0.25, -0.2) is 28.6 Å². The molecule has 0 aliphatic rings. The maximum absolute atomic E-state index is 8.88. The van der Waals surface area contributed by atoms with E-state index in [1.54, 1.807) is 17.4 Å². The molecule has 0 saturated heterocycles. The summed E-state index contributed by atoms with van der Waals surface area (Å²) in [4.78, 5) is 80.9. The smallest absolute Gasteiger partial charge is 0.342 e. The van der Waals surface area contributed by atoms with Crippen molar-refractivity contribution in [3.63, 3.8) is 0 Å². The molecule has 0 amide bonds. The molecule has 2 aromatic rings. The molecule has 0 saturated carbocycles. The number of phosphoric acid groups is 3. The summed E-state index contributed by atoms with van der Waals surface area (Å²) in [6.07, 6.45) is 4.76. The molecule has 2 rings (SSSR count). The molecule has 2 heterocycles. The zero-order valence-electron chi connectivity index (χ0n) is 12.6. The number of imidazole rings is 1. The molecule has 2 aromatic heterocycles. The third-order valence-electron chi connectivity index (χ3n) is 1.10. The highest BCUT2D eigenvalue weighted by atomic mass is 31.2. The zero-order chi connectivity index (χ0) is 22.3. The molecule has 11 N–H and O–H groups in total. The Morgan fingerprint density at radius 2 is 1.22 bits per heavy atom. The van der Waals surface area contributed by atoms with Crippen LogP contribution >= 0.6 is 23.5 Å². The van der Waals surface area contributed by atoms with Crippen LogP contribution in [0.1, 0.15) is 0 Å². The summed E-state index contributed by atoms with van der Waals surface area (Å²) in [7, 11) is -13.9. The Kier molecular flexibility index (Phi) is 15.8. The highest BCUT2D eigenvalue weighted by Crippen LogP contribution is 2.26. The molecular formula is C5H14N7O12P3. The second-order valence-electron chi connectivity index (χ2n) is 3.30. The van der Waals surface area contributed by atoms with Gasteiger partial charge in [0.05, 0.1) is 12.5 Å². The highest BCUT2D eigenvalue weighted by Gasteiger charge is 2.01. The Balaban J connectivity index is -0.000000284. The summed E-state index contributed by atoms with van der Waals surface area (Å²) in [6, 6.07) is 0. The summed E-state index contributed by atoms with van der Waals surface area (Å²) in [5.74, 6) is 0. The first-order valence-corrected chi connectivity index (χ1v) is 10.0. The summed E-state index contributed by atoms with van der Waals surface area (Å²) in [5.41, 5.74) is 13.8. The van der Waals surface area contributed by atoms with Crippen molar-refractivity contribution in [1.29, 1.82) is 5.53 Å². The van der Waals surface area contributed by atoms with E-state index in [9.17, 15) is 0 Å². The minimum atomic E-state index is -4.64. The van der Waals surface area contributed by atoms with Gasteiger partial charge in [0.15, 0.2) is 5.65 Å². The highest BCUT2D eigenvalue weighted by molar-refractivity contribution is 7.45. The van der Waals surface area contributed by atoms with E-state index >= 15 is 0 Å². The molecule has 0 aromatic carbocycles. The van der Waals surface area contributed by atoms with E-state index in [1.165, 1.54) is 6.33 Å². The molecule has 22 heteroatoms. The predicted octanol–water partition coefficient (Wildman–Crippen LogP) is -1.56. The van der Waals surface area contributed by atoms with Crippen LogP contribution in [0.3, 0.4) is 0 Å². The van der Waals surface area contributed by atoms with E-state index in [-0.39, 0.29) is 0 Å². The molecule has 0 atom stereocenters. The molecule has 0 aliphatic heterocycles. The maximum atomic E-state index is 8.88. The van der Waals surface area contributed by atoms with Crippen LogP contribution in [0.5, 0.6) is 0 Å². The van der Waals surface area contributed by atoms with Gasteiger partial charge in [0, 0.05) is 0 Å². The average molecular weight is 457 g/mol. The van der Waals surface area contributed by atoms with Crippen molar-refractivity contribution in [3.8, 4) is 0 Å². The van der Waals surface area contributed by atoms with Gasteiger partial charge in [0.1, 0.15) is 11.8 Å². The van der Waals surface area contributed by atoms with Crippen molar-refractivity contribution in [2.24, 2.45) is 0 Å². The average Bonchev–Trinajstić information content (AvgIpc) is 2.81. The summed E-state index contributed by atoms with van der Waals surface area (Å²) in [6.45, 7) is 0. The van der Waals surface area contributed by atoms with Gasteiger partial charge in [-0.1, -0.05) is 0 Å². The molecule has 0 unspecified atom stereocenters. The standard InChI is InChI=1S/C5H4N4.HN3.3H3O4P/c1-4-5(8-2-6-1)9-3-7-4;1-3-2;3*1-5(2,3)4/h1-3H,(H,6,7,8,9);1H;3*(H3,1,2,3,4). The molecule has 156 valence electrons. The molecule has 0 aliphatic carbocycles. The fraction of sp³-hybridized carbons (Fsp3) is 0. The normalized spacial score (nSPS) is 10.3. The number of aromatic nitrogens is 4. The second-order valence-corrected chi connectivity index (χ2v) is 6.38. The van der Waals surface area contributed by atoms with Crippen LogP contribution in [0.15, 0.2) is 18.9 Å². The van der Waals surface area contributed by atoms with Crippen LogP contribution < -0.4 is 0 Å². The predicted molar refractivity (Wildman–Crippen MR) is 83.9 cm³/mol. The largest absolute Gasteiger partial charge is 0.466 e. The third kappa shape index (κ3) is 51.6. The van der Waals surface area contributed by atoms with Crippen molar-refractivity contribution >= 4 is 34.6 Å². The van der Waals surface area contributed by atoms with Crippen LogP contribution in [0.25, 0.3) is 21.6 Å². The number of H-pyrrole nitrogens is 1. The van der Waals surface area contributed by atoms with Gasteiger partial charge in [0.2, 0.25) is 0 Å². The Hall–Kier alpha value is -1.81. The first-order valence-electron chi connectivity index (χ1n) is 5.33. The first kappa shape index (κ1) is 29.9. The van der Waals surface area contributed by atoms with Gasteiger partial charge in [0.25, 0.3) is 0 Å². The lowest BCUT2D eigenvalue weighted by Gasteiger charge is -1.82. The van der Waals surface area contributed by atoms with Gasteiger partial charge in [-0.2, -0.15) is 0 Å². The van der Waals surface area contributed by atoms with Crippen LogP contribution in [-0.2, 0) is 13.7 Å². The van der Waals surface area contributed by atoms with Gasteiger partial charge >= 0.3 is 23.5 Å². The summed E-state index contributed by atoms with van der Waals surface area (Å²) in [5, 5.41) is 0. The van der Waals surface area contributed by atoms with Gasteiger partial charge < -0.3 is 49.0 Å². The Labute approximate surface area is 148 Å². The number of aromatic amines is 1. The van der Waals surface area contributed by atoms with E-state index in [0.29, 0.717) is 5.65 Å². The van der Waals surface area contributed by atoms with Crippen LogP contribution in [0.2, 0.25) is 0 Å². The van der Waals surface area contributed by atoms with E-state index < -0.39 is 23.5 Å². The fourth-order valence-electron chi connectivity index (χ4n) is 0.691. The summed E-state index contributed by atoms with van der Waals surface area (Å²) >= 11 is 0. The quantitative estimate of drug-likeness (QED) is 0.0921. The molecule has 0 spiro atoms. The Bertz CT molecular complexity index is 715. The van der Waals surface area contributed by atoms with Gasteiger partial charge in [-0.3, -0.25) is 0 Å². The molecule has 27 heavy (non-hydrogen) atoms. The molecular weight excluding hydrogens is 443 g/mol. The lowest BCUT2D eigenvalue weighted by molar-refractivity contribution is 0.272. The van der Waals surface area contributed by atoms with E-state index in [1.807, 2.05) is 0 Å². The number of nitrogens with one attached hydrogen (secondary N) is 2. The van der Waals surface area contributed by atoms with Crippen LogP contribution in [0.4, 0.5) is 0 Å². The van der Waals surface area contributed by atoms with Crippen LogP contribution in [-0.4, -0.2) is 64.0 Å². The number of rotatable bonds is 0. The maximum Gasteiger partial charge on any atom is 0.466 e. The van der Waals surface area contributed by atoms with Crippen LogP contribution in [0, 0.1) is 5.53 Å². The first-order chi connectivity index (χ1) is 11.9. The van der Waals surface area contributed by atoms with Gasteiger partial charge in [-0.15, -0.1) is 5.53 Å². The molecule has 0 fully saturated rings. The molecule has 19 nitrogen and oxygen atoms in total. The molecule has 0 radical (unpaired) electrons. The number of fused-ring (bicyclic) bond motifs is 1. The SMILES string of the molecule is O=P(O)(O)O.O=P(O)(O)O.O=P(O)(O)O.[N-]=[N+]=N.c1ncc2[nH]cnc2n1. The lowest BCUT2D eigenvalue weighted by atomic mass is 10.6. The minimum absolute atomic E-state index is 0.713. The van der Waals surface area contributed by atoms with Crippen molar-refractivity contribution in [2.75, 3.05) is 0 Å². The Morgan fingerprint density at radius 1 is 0.889 bits per heavy atom. The van der Waals surface area contributed by atoms with Gasteiger partial charge in [-0.05, 0) is 10.4 Å². The monoisotopic (exact) mass is 457 g/mol. The third-order valence-corrected chi connectivity index (χ3v) is 1.10. The Morgan fingerprint density at radius 3 is 1.52 bits per heavy atom. The van der Waals surface area contributed by atoms with E-state index in [2.05, 4.69) is 19.9 Å². The van der Waals surface area contributed by atoms with E-state index in [0.717, 1.165) is 5.52 Å². The fourth-order valence-corrected chi connectivity index (χ4v) is 0.691. The zero-order valence-corrected chi connectivity index (χ0v) is 15.2. The summed E-state index contributed by atoms with van der Waals surface area (Å²) < 4.78 is 26.6. The van der Waals surface area contributed by atoms with Crippen molar-refractivity contribution in [3.05, 3.63) is 29.3 Å². The number of hydrogen-bond acceptors (Lipinski definition) is 7. The van der Waals surface area contributed by atoms with Crippen molar-refractivity contribution in [1.82, 2.24) is 19.9 Å². The topological polar surface area (TPSA) is 348 Å². The number of nitrogens with zero attached hydrogens (tertiary/aromatic N) is 5. The van der Waals surface area contributed by atoms with E-state index in [4.69, 9.17) is 68.8 Å².